The van der Waals surface area contributed by atoms with Crippen LogP contribution < -0.4 is 0 Å². The summed E-state index contributed by atoms with van der Waals surface area (Å²) in [5.41, 5.74) is 4.88. The van der Waals surface area contributed by atoms with Crippen LogP contribution in [0.15, 0.2) is 41.4 Å². The molecule has 0 unspecified atom stereocenters. The molecule has 0 spiro atoms. The number of phenols is 1. The van der Waals surface area contributed by atoms with Crippen molar-refractivity contribution >= 4 is 11.9 Å². The first-order chi connectivity index (χ1) is 11.0. The molecular weight excluding hydrogens is 294 g/mol. The predicted octanol–water partition coefficient (Wildman–Crippen LogP) is 6.05. The SMILES string of the molecule is Cc1c(C(C)(C)C)cc(C(C)(C)C)c(O)c1C=Nc1ccccc1. The fraction of sp³-hybridized carbons (Fsp3) is 0.409. The van der Waals surface area contributed by atoms with Gasteiger partial charge in [0.2, 0.25) is 0 Å². The zero-order chi connectivity index (χ0) is 18.1. The van der Waals surface area contributed by atoms with Crippen LogP contribution in [0.25, 0.3) is 0 Å². The van der Waals surface area contributed by atoms with Gasteiger partial charge in [0.1, 0.15) is 5.75 Å². The van der Waals surface area contributed by atoms with Crippen LogP contribution in [0.5, 0.6) is 5.75 Å². The molecule has 2 aromatic carbocycles. The Labute approximate surface area is 146 Å². The summed E-state index contributed by atoms with van der Waals surface area (Å²) in [5, 5.41) is 10.9. The molecule has 1 N–H and O–H groups in total. The van der Waals surface area contributed by atoms with Crippen LogP contribution >= 0.6 is 0 Å². The lowest BCUT2D eigenvalue weighted by molar-refractivity contribution is 0.443. The Morgan fingerprint density at radius 3 is 1.92 bits per heavy atom. The molecule has 0 saturated heterocycles. The third kappa shape index (κ3) is 3.87. The molecule has 0 aromatic heterocycles. The number of benzene rings is 2. The number of para-hydroxylation sites is 1. The Hall–Kier alpha value is -2.09. The van der Waals surface area contributed by atoms with Gasteiger partial charge in [0, 0.05) is 17.3 Å². The van der Waals surface area contributed by atoms with E-state index < -0.39 is 0 Å². The van der Waals surface area contributed by atoms with Crippen LogP contribution in [0.3, 0.4) is 0 Å². The Bertz CT molecular complexity index is 706. The minimum Gasteiger partial charge on any atom is -0.507 e. The molecule has 0 atom stereocenters. The maximum absolute atomic E-state index is 10.9. The first-order valence-electron chi connectivity index (χ1n) is 8.48. The maximum Gasteiger partial charge on any atom is 0.128 e. The van der Waals surface area contributed by atoms with Crippen molar-refractivity contribution in [2.24, 2.45) is 4.99 Å². The summed E-state index contributed by atoms with van der Waals surface area (Å²) in [7, 11) is 0. The summed E-state index contributed by atoms with van der Waals surface area (Å²) in [4.78, 5) is 4.56. The number of aromatic hydroxyl groups is 1. The van der Waals surface area contributed by atoms with E-state index in [1.807, 2.05) is 30.3 Å². The number of aliphatic imine (C=N–C) groups is 1. The minimum absolute atomic E-state index is 0.00706. The topological polar surface area (TPSA) is 32.6 Å². The van der Waals surface area contributed by atoms with Gasteiger partial charge in [-0.25, -0.2) is 0 Å². The molecule has 0 aliphatic heterocycles. The number of phenolic OH excluding ortho intramolecular Hbond substituents is 1. The lowest BCUT2D eigenvalue weighted by Crippen LogP contribution is -2.19. The number of nitrogens with zero attached hydrogens (tertiary/aromatic N) is 1. The summed E-state index contributed by atoms with van der Waals surface area (Å²) < 4.78 is 0. The van der Waals surface area contributed by atoms with Gasteiger partial charge in [-0.15, -0.1) is 0 Å². The van der Waals surface area contributed by atoms with E-state index in [0.29, 0.717) is 5.75 Å². The highest BCUT2D eigenvalue weighted by atomic mass is 16.3. The first kappa shape index (κ1) is 18.3. The molecule has 0 heterocycles. The van der Waals surface area contributed by atoms with Gasteiger partial charge in [-0.05, 0) is 41.0 Å². The molecule has 0 aliphatic rings. The van der Waals surface area contributed by atoms with E-state index in [2.05, 4.69) is 59.5 Å². The molecule has 0 saturated carbocycles. The van der Waals surface area contributed by atoms with E-state index in [1.54, 1.807) is 6.21 Å². The second-order valence-corrected chi connectivity index (χ2v) is 8.45. The summed E-state index contributed by atoms with van der Waals surface area (Å²) >= 11 is 0. The fourth-order valence-corrected chi connectivity index (χ4v) is 2.95. The Kier molecular flexibility index (Phi) is 4.89. The van der Waals surface area contributed by atoms with Crippen molar-refractivity contribution in [2.45, 2.75) is 59.3 Å². The van der Waals surface area contributed by atoms with E-state index in [4.69, 9.17) is 0 Å². The van der Waals surface area contributed by atoms with Gasteiger partial charge in [0.05, 0.1) is 5.69 Å². The quantitative estimate of drug-likeness (QED) is 0.671. The van der Waals surface area contributed by atoms with Crippen LogP contribution in [0.4, 0.5) is 5.69 Å². The third-order valence-electron chi connectivity index (χ3n) is 4.32. The molecule has 0 bridgehead atoms. The molecule has 0 amide bonds. The molecule has 2 aromatic rings. The summed E-state index contributed by atoms with van der Waals surface area (Å²) in [6.07, 6.45) is 1.80. The summed E-state index contributed by atoms with van der Waals surface area (Å²) in [5.74, 6) is 0.340. The van der Waals surface area contributed by atoms with Gasteiger partial charge < -0.3 is 5.11 Å². The molecule has 24 heavy (non-hydrogen) atoms. The average molecular weight is 323 g/mol. The van der Waals surface area contributed by atoms with Crippen molar-refractivity contribution in [1.29, 1.82) is 0 Å². The maximum atomic E-state index is 10.9. The van der Waals surface area contributed by atoms with Gasteiger partial charge in [-0.1, -0.05) is 65.8 Å². The Morgan fingerprint density at radius 1 is 0.875 bits per heavy atom. The van der Waals surface area contributed by atoms with Gasteiger partial charge in [0.25, 0.3) is 0 Å². The smallest absolute Gasteiger partial charge is 0.128 e. The molecular formula is C22H29NO. The van der Waals surface area contributed by atoms with E-state index in [1.165, 1.54) is 5.56 Å². The van der Waals surface area contributed by atoms with Gasteiger partial charge in [0.15, 0.2) is 0 Å². The van der Waals surface area contributed by atoms with Crippen LogP contribution in [0.2, 0.25) is 0 Å². The van der Waals surface area contributed by atoms with Crippen LogP contribution in [-0.2, 0) is 10.8 Å². The zero-order valence-electron chi connectivity index (χ0n) is 15.9. The highest BCUT2D eigenvalue weighted by molar-refractivity contribution is 5.89. The minimum atomic E-state index is -0.132. The zero-order valence-corrected chi connectivity index (χ0v) is 15.9. The highest BCUT2D eigenvalue weighted by Crippen LogP contribution is 2.39. The number of hydrogen-bond donors (Lipinski definition) is 1. The van der Waals surface area contributed by atoms with Gasteiger partial charge >= 0.3 is 0 Å². The summed E-state index contributed by atoms with van der Waals surface area (Å²) in [6, 6.07) is 12.0. The predicted molar refractivity (Wildman–Crippen MR) is 104 cm³/mol. The second-order valence-electron chi connectivity index (χ2n) is 8.45. The second kappa shape index (κ2) is 6.43. The summed E-state index contributed by atoms with van der Waals surface area (Å²) in [6.45, 7) is 15.1. The third-order valence-corrected chi connectivity index (χ3v) is 4.32. The lowest BCUT2D eigenvalue weighted by Gasteiger charge is -2.29. The van der Waals surface area contributed by atoms with E-state index in [9.17, 15) is 5.11 Å². The van der Waals surface area contributed by atoms with Crippen molar-refractivity contribution in [3.05, 3.63) is 58.7 Å². The molecule has 128 valence electrons. The lowest BCUT2D eigenvalue weighted by atomic mass is 9.76. The van der Waals surface area contributed by atoms with Crippen molar-refractivity contribution in [1.82, 2.24) is 0 Å². The van der Waals surface area contributed by atoms with Crippen molar-refractivity contribution < 1.29 is 5.11 Å². The van der Waals surface area contributed by atoms with Crippen LogP contribution in [0.1, 0.15) is 63.8 Å². The normalized spacial score (nSPS) is 12.8. The van der Waals surface area contributed by atoms with Crippen molar-refractivity contribution in [3.8, 4) is 5.75 Å². The van der Waals surface area contributed by atoms with E-state index in [-0.39, 0.29) is 10.8 Å². The largest absolute Gasteiger partial charge is 0.507 e. The van der Waals surface area contributed by atoms with E-state index >= 15 is 0 Å². The van der Waals surface area contributed by atoms with Crippen molar-refractivity contribution in [2.75, 3.05) is 0 Å². The molecule has 2 heteroatoms. The Morgan fingerprint density at radius 2 is 1.42 bits per heavy atom. The molecule has 0 radical (unpaired) electrons. The molecule has 0 aliphatic carbocycles. The van der Waals surface area contributed by atoms with Crippen LogP contribution in [-0.4, -0.2) is 11.3 Å². The monoisotopic (exact) mass is 323 g/mol. The standard InChI is InChI=1S/C22H29NO/c1-15-17(14-23-16-11-9-8-10-12-16)20(24)19(22(5,6)7)13-18(15)21(2,3)4/h8-14,24H,1-7H3. The van der Waals surface area contributed by atoms with Crippen molar-refractivity contribution in [3.63, 3.8) is 0 Å². The molecule has 2 rings (SSSR count). The highest BCUT2D eigenvalue weighted by Gasteiger charge is 2.26. The number of hydrogen-bond acceptors (Lipinski definition) is 2. The van der Waals surface area contributed by atoms with Gasteiger partial charge in [-0.2, -0.15) is 0 Å². The molecule has 2 nitrogen and oxygen atoms in total. The first-order valence-corrected chi connectivity index (χ1v) is 8.48. The molecule has 0 fully saturated rings. The van der Waals surface area contributed by atoms with Gasteiger partial charge in [-0.3, -0.25) is 4.99 Å². The average Bonchev–Trinajstić information content (AvgIpc) is 2.45. The van der Waals surface area contributed by atoms with E-state index in [0.717, 1.165) is 22.4 Å². The van der Waals surface area contributed by atoms with Crippen LogP contribution in [0, 0.1) is 6.92 Å². The number of rotatable bonds is 2. The fourth-order valence-electron chi connectivity index (χ4n) is 2.95. The Balaban J connectivity index is 2.67.